The van der Waals surface area contributed by atoms with Crippen LogP contribution < -0.4 is 21.7 Å². The first-order valence-electron chi connectivity index (χ1n) is 12.3. The first-order valence-corrected chi connectivity index (χ1v) is 13.1. The largest absolute Gasteiger partial charge is 0.506 e. The average molecular weight is 609 g/mol. The van der Waals surface area contributed by atoms with Crippen LogP contribution in [0.4, 0.5) is 18.9 Å². The van der Waals surface area contributed by atoms with Crippen molar-refractivity contribution in [2.24, 2.45) is 10.8 Å². The number of nitrogens with one attached hydrogen (secondary N) is 3. The van der Waals surface area contributed by atoms with E-state index in [1.54, 1.807) is 0 Å². The van der Waals surface area contributed by atoms with Gasteiger partial charge in [0.2, 0.25) is 5.91 Å². The van der Waals surface area contributed by atoms with Crippen LogP contribution in [0.15, 0.2) is 53.1 Å². The molecule has 1 heterocycles. The van der Waals surface area contributed by atoms with Crippen molar-refractivity contribution < 1.29 is 27.9 Å². The van der Waals surface area contributed by atoms with Gasteiger partial charge in [-0.25, -0.2) is 5.01 Å². The number of hydrogen-bond acceptors (Lipinski definition) is 6. The highest BCUT2D eigenvalue weighted by Crippen LogP contribution is 2.51. The summed E-state index contributed by atoms with van der Waals surface area (Å²) in [5.74, 6) is -2.11. The smallest absolute Gasteiger partial charge is 0.416 e. The van der Waals surface area contributed by atoms with Crippen LogP contribution in [0.25, 0.3) is 5.70 Å². The Balaban J connectivity index is 1.68. The van der Waals surface area contributed by atoms with E-state index in [4.69, 9.17) is 5.73 Å². The molecular weight excluding hydrogens is 581 g/mol. The number of hydrazone groups is 1. The minimum absolute atomic E-state index is 0.151. The molecule has 1 fully saturated rings. The van der Waals surface area contributed by atoms with Crippen molar-refractivity contribution in [1.82, 2.24) is 15.6 Å². The van der Waals surface area contributed by atoms with E-state index in [1.807, 2.05) is 31.2 Å². The van der Waals surface area contributed by atoms with Gasteiger partial charge in [0.1, 0.15) is 12.3 Å². The number of amidine groups is 1. The number of hydrogen-bond donors (Lipinski definition) is 5. The van der Waals surface area contributed by atoms with Gasteiger partial charge in [-0.05, 0) is 72.5 Å². The molecule has 2 aromatic rings. The molecule has 39 heavy (non-hydrogen) atoms. The van der Waals surface area contributed by atoms with Crippen LogP contribution in [0.3, 0.4) is 0 Å². The number of phenolic OH excluding ortho intramolecular Hbond substituents is 1. The Morgan fingerprint density at radius 2 is 1.90 bits per heavy atom. The zero-order valence-corrected chi connectivity index (χ0v) is 22.6. The second-order valence-corrected chi connectivity index (χ2v) is 10.0. The van der Waals surface area contributed by atoms with E-state index < -0.39 is 41.3 Å². The van der Waals surface area contributed by atoms with Crippen LogP contribution in [0, 0.1) is 0 Å². The predicted molar refractivity (Wildman–Crippen MR) is 145 cm³/mol. The average Bonchev–Trinajstić information content (AvgIpc) is 3.13. The van der Waals surface area contributed by atoms with Crippen molar-refractivity contribution in [2.45, 2.75) is 31.4 Å². The van der Waals surface area contributed by atoms with E-state index in [-0.39, 0.29) is 10.4 Å². The Morgan fingerprint density at radius 3 is 2.51 bits per heavy atom. The normalized spacial score (nSPS) is 16.7. The topological polar surface area (TPSA) is 132 Å². The quantitative estimate of drug-likeness (QED) is 0.108. The molecule has 1 spiro atoms. The number of alkyl halides is 3. The molecule has 0 radical (unpaired) electrons. The van der Waals surface area contributed by atoms with E-state index in [2.05, 4.69) is 37.0 Å². The van der Waals surface area contributed by atoms with Crippen LogP contribution in [-0.4, -0.2) is 52.9 Å². The van der Waals surface area contributed by atoms with E-state index >= 15 is 0 Å². The maximum atomic E-state index is 14.2. The lowest BCUT2D eigenvalue weighted by Crippen LogP contribution is -2.46. The number of halogens is 4. The summed E-state index contributed by atoms with van der Waals surface area (Å²) < 4.78 is 38.7. The van der Waals surface area contributed by atoms with Gasteiger partial charge in [-0.15, -0.1) is 5.10 Å². The number of piperidine rings is 1. The van der Waals surface area contributed by atoms with Gasteiger partial charge in [-0.3, -0.25) is 9.59 Å². The number of benzene rings is 2. The monoisotopic (exact) mass is 608 g/mol. The highest BCUT2D eigenvalue weighted by atomic mass is 79.9. The second-order valence-electron chi connectivity index (χ2n) is 9.22. The SMILES string of the molecule is CCNC1=C(C(=O)N(CC(=O)Nc2ccc(C(F)(F)F)cc2O)/N=C(\N)Br)C2(CCNCC2)c2ccccc21. The zero-order chi connectivity index (χ0) is 28.4. The predicted octanol–water partition coefficient (Wildman–Crippen LogP) is 3.46. The summed E-state index contributed by atoms with van der Waals surface area (Å²) >= 11 is 3.02. The fourth-order valence-corrected chi connectivity index (χ4v) is 5.40. The molecule has 2 amide bonds. The van der Waals surface area contributed by atoms with E-state index in [9.17, 15) is 27.9 Å². The van der Waals surface area contributed by atoms with E-state index in [0.29, 0.717) is 49.8 Å². The summed E-state index contributed by atoms with van der Waals surface area (Å²) in [5.41, 5.74) is 6.86. The Bertz CT molecular complexity index is 1330. The van der Waals surface area contributed by atoms with Crippen molar-refractivity contribution in [3.63, 3.8) is 0 Å². The highest BCUT2D eigenvalue weighted by molar-refractivity contribution is 9.18. The molecule has 0 atom stereocenters. The molecule has 6 N–H and O–H groups in total. The van der Waals surface area contributed by atoms with Crippen molar-refractivity contribution >= 4 is 43.9 Å². The third-order valence-corrected chi connectivity index (χ3v) is 6.97. The first-order chi connectivity index (χ1) is 18.5. The number of carbonyl (C=O) groups is 2. The summed E-state index contributed by atoms with van der Waals surface area (Å²) in [4.78, 5) is 27.1. The van der Waals surface area contributed by atoms with Gasteiger partial charge >= 0.3 is 6.18 Å². The van der Waals surface area contributed by atoms with Gasteiger partial charge in [0.05, 0.1) is 22.5 Å². The lowest BCUT2D eigenvalue weighted by molar-refractivity contribution is -0.137. The number of phenols is 1. The van der Waals surface area contributed by atoms with Gasteiger partial charge in [0.15, 0.2) is 4.74 Å². The van der Waals surface area contributed by atoms with Crippen LogP contribution in [0.5, 0.6) is 5.75 Å². The summed E-state index contributed by atoms with van der Waals surface area (Å²) in [7, 11) is 0. The summed E-state index contributed by atoms with van der Waals surface area (Å²) in [6.07, 6.45) is -3.37. The van der Waals surface area contributed by atoms with E-state index in [0.717, 1.165) is 28.3 Å². The number of amides is 2. The first kappa shape index (κ1) is 28.4. The van der Waals surface area contributed by atoms with Crippen LogP contribution in [0.1, 0.15) is 36.5 Å². The number of nitrogens with two attached hydrogens (primary N) is 1. The van der Waals surface area contributed by atoms with Crippen molar-refractivity contribution in [3.05, 3.63) is 64.7 Å². The number of carbonyl (C=O) groups excluding carboxylic acids is 2. The Labute approximate surface area is 231 Å². The molecule has 2 aromatic carbocycles. The minimum atomic E-state index is -4.66. The molecule has 0 unspecified atom stereocenters. The van der Waals surface area contributed by atoms with Gasteiger partial charge < -0.3 is 26.8 Å². The van der Waals surface area contributed by atoms with Crippen LogP contribution in [0.2, 0.25) is 0 Å². The number of nitrogens with zero attached hydrogens (tertiary/aromatic N) is 2. The molecule has 208 valence electrons. The fourth-order valence-electron chi connectivity index (χ4n) is 5.21. The molecule has 9 nitrogen and oxygen atoms in total. The zero-order valence-electron chi connectivity index (χ0n) is 21.0. The molecular formula is C26H28BrF3N6O3. The number of aromatic hydroxyl groups is 1. The molecule has 1 aliphatic heterocycles. The summed E-state index contributed by atoms with van der Waals surface area (Å²) in [5, 5.41) is 24.0. The summed E-state index contributed by atoms with van der Waals surface area (Å²) in [6, 6.07) is 9.96. The third-order valence-electron chi connectivity index (χ3n) is 6.81. The Kier molecular flexibility index (Phi) is 8.21. The van der Waals surface area contributed by atoms with Crippen molar-refractivity contribution in [1.29, 1.82) is 0 Å². The fraction of sp³-hybridized carbons (Fsp3) is 0.346. The molecule has 0 saturated carbocycles. The standard InChI is InChI=1S/C26H28BrF3N6O3/c1-2-33-22-16-5-3-4-6-17(16)25(9-11-32-12-10-25)21(22)23(39)36(35-24(27)31)14-20(38)34-18-8-7-15(13-19(18)37)26(28,29)30/h3-8,13,32-33,37H,2,9-12,14H2,1H3,(H2,31,35)(H,34,38). The molecule has 0 aromatic heterocycles. The van der Waals surface area contributed by atoms with Crippen molar-refractivity contribution in [2.75, 3.05) is 31.5 Å². The molecule has 13 heteroatoms. The number of fused-ring (bicyclic) bond motifs is 2. The molecule has 4 rings (SSSR count). The third kappa shape index (κ3) is 5.74. The Hall–Kier alpha value is -3.58. The highest BCUT2D eigenvalue weighted by Gasteiger charge is 2.49. The van der Waals surface area contributed by atoms with Crippen LogP contribution in [-0.2, 0) is 21.2 Å². The van der Waals surface area contributed by atoms with Gasteiger partial charge in [-0.1, -0.05) is 24.3 Å². The number of rotatable bonds is 7. The van der Waals surface area contributed by atoms with Crippen molar-refractivity contribution in [3.8, 4) is 5.75 Å². The van der Waals surface area contributed by atoms with Crippen LogP contribution >= 0.6 is 15.9 Å². The Morgan fingerprint density at radius 1 is 1.21 bits per heavy atom. The van der Waals surface area contributed by atoms with Gasteiger partial charge in [0.25, 0.3) is 5.91 Å². The number of anilines is 1. The molecule has 1 saturated heterocycles. The lowest BCUT2D eigenvalue weighted by Gasteiger charge is -2.38. The molecule has 2 aliphatic rings. The molecule has 0 bridgehead atoms. The maximum absolute atomic E-state index is 14.2. The lowest BCUT2D eigenvalue weighted by atomic mass is 9.70. The van der Waals surface area contributed by atoms with E-state index in [1.165, 1.54) is 0 Å². The molecule has 1 aliphatic carbocycles. The second kappa shape index (κ2) is 11.3. The maximum Gasteiger partial charge on any atom is 0.416 e. The summed E-state index contributed by atoms with van der Waals surface area (Å²) in [6.45, 7) is 3.22. The van der Waals surface area contributed by atoms with Gasteiger partial charge in [-0.2, -0.15) is 13.2 Å². The van der Waals surface area contributed by atoms with Gasteiger partial charge in [0, 0.05) is 17.5 Å². The minimum Gasteiger partial charge on any atom is -0.506 e.